The molecule has 0 spiro atoms. The van der Waals surface area contributed by atoms with E-state index in [1.54, 1.807) is 0 Å². The smallest absolute Gasteiger partial charge is 0.187 e. The molecule has 6 aromatic rings. The van der Waals surface area contributed by atoms with Crippen molar-refractivity contribution in [2.24, 2.45) is 0 Å². The molecule has 2 aromatic heterocycles. The summed E-state index contributed by atoms with van der Waals surface area (Å²) in [7, 11) is 2.05. The normalized spacial score (nSPS) is 15.7. The van der Waals surface area contributed by atoms with Crippen molar-refractivity contribution in [2.75, 3.05) is 20.1 Å². The van der Waals surface area contributed by atoms with Crippen LogP contribution in [0.5, 0.6) is 0 Å². The number of benzene rings is 4. The number of ketones is 1. The minimum absolute atomic E-state index is 0.0426. The zero-order valence-electron chi connectivity index (χ0n) is 24.4. The van der Waals surface area contributed by atoms with Crippen LogP contribution < -0.4 is 0 Å². The van der Waals surface area contributed by atoms with E-state index in [1.165, 1.54) is 0 Å². The molecule has 1 aliphatic rings. The molecule has 0 unspecified atom stereocenters. The Balaban J connectivity index is 1.30. The van der Waals surface area contributed by atoms with Crippen LogP contribution in [0.3, 0.4) is 0 Å². The third-order valence-electron chi connectivity index (χ3n) is 7.74. The minimum atomic E-state index is 0.0426. The minimum Gasteiger partial charge on any atom is -0.298 e. The Morgan fingerprint density at radius 3 is 1.30 bits per heavy atom. The van der Waals surface area contributed by atoms with Crippen molar-refractivity contribution < 1.29 is 4.79 Å². The van der Waals surface area contributed by atoms with E-state index >= 15 is 0 Å². The predicted octanol–water partition coefficient (Wildman–Crippen LogP) is 7.37. The summed E-state index contributed by atoms with van der Waals surface area (Å²) in [5.41, 5.74) is 8.87. The lowest BCUT2D eigenvalue weighted by molar-refractivity contribution is -0.113. The predicted molar refractivity (Wildman–Crippen MR) is 176 cm³/mol. The van der Waals surface area contributed by atoms with E-state index in [9.17, 15) is 4.79 Å². The summed E-state index contributed by atoms with van der Waals surface area (Å²) in [5, 5.41) is 9.89. The highest BCUT2D eigenvalue weighted by Crippen LogP contribution is 2.30. The molecule has 6 nitrogen and oxygen atoms in total. The number of hydrogen-bond acceptors (Lipinski definition) is 4. The number of carbonyl (C=O) groups is 1. The Hall–Kier alpha value is -5.59. The average Bonchev–Trinajstić information content (AvgIpc) is 3.70. The third kappa shape index (κ3) is 5.59. The van der Waals surface area contributed by atoms with Gasteiger partial charge in [0.15, 0.2) is 5.78 Å². The van der Waals surface area contributed by atoms with Crippen LogP contribution in [-0.2, 0) is 4.79 Å². The van der Waals surface area contributed by atoms with Crippen LogP contribution in [0.25, 0.3) is 46.0 Å². The number of likely N-dealkylation sites (N-methyl/N-ethyl adjacent to an activating group) is 1. The van der Waals surface area contributed by atoms with E-state index in [-0.39, 0.29) is 5.78 Å². The Morgan fingerprint density at radius 2 is 0.909 bits per heavy atom. The molecule has 0 aliphatic carbocycles. The topological polar surface area (TPSA) is 56.0 Å². The van der Waals surface area contributed by atoms with Crippen molar-refractivity contribution in [3.63, 3.8) is 0 Å². The van der Waals surface area contributed by atoms with Crippen molar-refractivity contribution in [3.8, 4) is 33.9 Å². The average molecular weight is 574 g/mol. The van der Waals surface area contributed by atoms with Gasteiger partial charge in [-0.05, 0) is 43.5 Å². The monoisotopic (exact) mass is 573 g/mol. The number of likely N-dealkylation sites (tertiary alicyclic amines) is 1. The fraction of sp³-hybridized carbons (Fsp3) is 0.0789. The largest absolute Gasteiger partial charge is 0.298 e. The number of hydrogen-bond donors (Lipinski definition) is 0. The molecular weight excluding hydrogens is 542 g/mol. The van der Waals surface area contributed by atoms with Gasteiger partial charge in [-0.15, -0.1) is 0 Å². The summed E-state index contributed by atoms with van der Waals surface area (Å²) in [6.45, 7) is 1.10. The Labute approximate surface area is 256 Å². The van der Waals surface area contributed by atoms with Crippen LogP contribution in [0.15, 0.2) is 145 Å². The number of para-hydroxylation sites is 2. The molecule has 3 heterocycles. The van der Waals surface area contributed by atoms with Gasteiger partial charge in [0.2, 0.25) is 0 Å². The van der Waals surface area contributed by atoms with Crippen molar-refractivity contribution in [3.05, 3.63) is 156 Å². The van der Waals surface area contributed by atoms with E-state index in [0.29, 0.717) is 13.1 Å². The first-order chi connectivity index (χ1) is 21.6. The van der Waals surface area contributed by atoms with Gasteiger partial charge >= 0.3 is 0 Å². The van der Waals surface area contributed by atoms with Gasteiger partial charge in [0.25, 0.3) is 0 Å². The molecule has 6 heteroatoms. The summed E-state index contributed by atoms with van der Waals surface area (Å²) in [4.78, 5) is 16.3. The number of piperidine rings is 1. The van der Waals surface area contributed by atoms with Crippen LogP contribution in [0, 0.1) is 0 Å². The number of carbonyl (C=O) groups excluding carboxylic acids is 1. The summed E-state index contributed by atoms with van der Waals surface area (Å²) < 4.78 is 3.76. The Morgan fingerprint density at radius 1 is 0.545 bits per heavy atom. The third-order valence-corrected chi connectivity index (χ3v) is 7.74. The van der Waals surface area contributed by atoms with Gasteiger partial charge < -0.3 is 0 Å². The maximum absolute atomic E-state index is 14.1. The molecule has 0 saturated carbocycles. The molecule has 4 aromatic carbocycles. The number of nitrogens with zero attached hydrogens (tertiary/aromatic N) is 5. The van der Waals surface area contributed by atoms with Gasteiger partial charge in [0, 0.05) is 58.9 Å². The van der Waals surface area contributed by atoms with Gasteiger partial charge in [-0.2, -0.15) is 10.2 Å². The molecule has 7 rings (SSSR count). The molecule has 0 amide bonds. The van der Waals surface area contributed by atoms with Crippen molar-refractivity contribution in [1.82, 2.24) is 24.5 Å². The molecule has 0 N–H and O–H groups in total. The maximum Gasteiger partial charge on any atom is 0.187 e. The zero-order valence-corrected chi connectivity index (χ0v) is 24.4. The fourth-order valence-electron chi connectivity index (χ4n) is 5.64. The second-order valence-corrected chi connectivity index (χ2v) is 11.0. The van der Waals surface area contributed by atoms with Gasteiger partial charge in [-0.25, -0.2) is 9.36 Å². The van der Waals surface area contributed by atoms with E-state index in [1.807, 2.05) is 138 Å². The van der Waals surface area contributed by atoms with Gasteiger partial charge in [-0.3, -0.25) is 9.69 Å². The lowest BCUT2D eigenvalue weighted by atomic mass is 9.94. The lowest BCUT2D eigenvalue weighted by Crippen LogP contribution is -2.34. The van der Waals surface area contributed by atoms with Crippen LogP contribution in [0.1, 0.15) is 11.1 Å². The molecular formula is C38H31N5O. The van der Waals surface area contributed by atoms with Crippen LogP contribution in [0.4, 0.5) is 0 Å². The SMILES string of the molecule is CN1CC(=Cc2cn(-c3ccccc3)nc2-c2ccccc2)C(=O)/C(=C\c2cn(-c3ccccc3)nc2-c2ccccc2)C1. The summed E-state index contributed by atoms with van der Waals surface area (Å²) >= 11 is 0. The number of aromatic nitrogens is 4. The molecule has 1 saturated heterocycles. The van der Waals surface area contributed by atoms with Crippen molar-refractivity contribution in [2.45, 2.75) is 0 Å². The molecule has 44 heavy (non-hydrogen) atoms. The molecule has 0 atom stereocenters. The summed E-state index contributed by atoms with van der Waals surface area (Å²) in [6, 6.07) is 40.3. The van der Waals surface area contributed by atoms with E-state index < -0.39 is 0 Å². The highest BCUT2D eigenvalue weighted by atomic mass is 16.1. The lowest BCUT2D eigenvalue weighted by Gasteiger charge is -2.26. The van der Waals surface area contributed by atoms with Crippen LogP contribution in [-0.4, -0.2) is 50.4 Å². The van der Waals surface area contributed by atoms with Crippen LogP contribution >= 0.6 is 0 Å². The Kier molecular flexibility index (Phi) is 7.41. The fourth-order valence-corrected chi connectivity index (χ4v) is 5.64. The zero-order chi connectivity index (χ0) is 29.9. The number of rotatable bonds is 6. The van der Waals surface area contributed by atoms with E-state index in [4.69, 9.17) is 10.2 Å². The maximum atomic E-state index is 14.1. The second-order valence-electron chi connectivity index (χ2n) is 11.0. The van der Waals surface area contributed by atoms with Crippen molar-refractivity contribution in [1.29, 1.82) is 0 Å². The highest BCUT2D eigenvalue weighted by molar-refractivity contribution is 6.15. The van der Waals surface area contributed by atoms with Gasteiger partial charge in [-0.1, -0.05) is 97.1 Å². The van der Waals surface area contributed by atoms with Gasteiger partial charge in [0.05, 0.1) is 22.8 Å². The Bertz CT molecular complexity index is 1830. The number of Topliss-reactive ketones (excluding diaryl/α,β-unsaturated/α-hetero) is 1. The first-order valence-corrected chi connectivity index (χ1v) is 14.7. The molecule has 1 fully saturated rings. The summed E-state index contributed by atoms with van der Waals surface area (Å²) in [5.74, 6) is 0.0426. The van der Waals surface area contributed by atoms with E-state index in [0.717, 1.165) is 56.2 Å². The molecule has 1 aliphatic heterocycles. The first kappa shape index (κ1) is 27.3. The van der Waals surface area contributed by atoms with Crippen LogP contribution in [0.2, 0.25) is 0 Å². The molecule has 0 radical (unpaired) electrons. The summed E-state index contributed by atoms with van der Waals surface area (Å²) in [6.07, 6.45) is 8.03. The van der Waals surface area contributed by atoms with Gasteiger partial charge in [0.1, 0.15) is 0 Å². The molecule has 0 bridgehead atoms. The standard InChI is InChI=1S/C38H31N5O/c1-41-24-32(22-30-26-42(34-18-10-4-11-19-34)39-36(30)28-14-6-2-7-15-28)38(44)33(25-41)23-31-27-43(35-20-12-5-13-21-35)40-37(31)29-16-8-3-9-17-29/h2-23,26-27H,24-25H2,1H3/b32-22-,33-23?. The second kappa shape index (κ2) is 12.0. The van der Waals surface area contributed by atoms with Crippen molar-refractivity contribution >= 4 is 17.9 Å². The first-order valence-electron chi connectivity index (χ1n) is 14.7. The molecule has 214 valence electrons. The highest BCUT2D eigenvalue weighted by Gasteiger charge is 2.26. The van der Waals surface area contributed by atoms with E-state index in [2.05, 4.69) is 29.2 Å². The quantitative estimate of drug-likeness (QED) is 0.195.